The second-order valence-electron chi connectivity index (χ2n) is 9.10. The molecule has 0 bridgehead atoms. The molecule has 3 atom stereocenters. The molecule has 0 radical (unpaired) electrons. The van der Waals surface area contributed by atoms with E-state index >= 15 is 0 Å². The van der Waals surface area contributed by atoms with Gasteiger partial charge in [0.1, 0.15) is 5.60 Å². The molecule has 0 spiro atoms. The molecule has 2 heterocycles. The second-order valence-corrected chi connectivity index (χ2v) is 9.10. The number of carbonyl (C=O) groups is 1. The van der Waals surface area contributed by atoms with Crippen molar-refractivity contribution in [2.24, 2.45) is 7.05 Å². The molecule has 0 unspecified atom stereocenters. The van der Waals surface area contributed by atoms with Crippen LogP contribution in [0.4, 0.5) is 4.79 Å². The van der Waals surface area contributed by atoms with Crippen molar-refractivity contribution in [3.8, 4) is 11.1 Å². The minimum absolute atomic E-state index is 0.0772. The Morgan fingerprint density at radius 3 is 2.32 bits per heavy atom. The summed E-state index contributed by atoms with van der Waals surface area (Å²) in [4.78, 5) is 26.8. The van der Waals surface area contributed by atoms with E-state index in [-0.39, 0.29) is 11.6 Å². The van der Waals surface area contributed by atoms with E-state index in [1.807, 2.05) is 55.5 Å². The normalized spacial score (nSPS) is 21.0. The highest BCUT2D eigenvalue weighted by molar-refractivity contribution is 5.71. The van der Waals surface area contributed by atoms with Crippen LogP contribution in [0.15, 0.2) is 77.7 Å². The van der Waals surface area contributed by atoms with E-state index in [0.717, 1.165) is 16.7 Å². The summed E-state index contributed by atoms with van der Waals surface area (Å²) in [5.74, 6) is 0. The first-order valence-corrected chi connectivity index (χ1v) is 11.3. The summed E-state index contributed by atoms with van der Waals surface area (Å²) in [5.41, 5.74) is 0.244. The number of aliphatic hydroxyl groups excluding tert-OH is 1. The monoisotopic (exact) mass is 462 g/mol. The standard InChI is InChI=1S/C27H30N2O5/c1-19(20-9-11-21(12-10-20)22-13-15-28(3)24(31)17-22)29-16-14-27(34-25(29)32,26(2,33)18-30)23-7-5-4-6-8-23/h4-13,15,17,19,30,33H,14,16,18H2,1-3H3/t19-,26-,27+/m0/s1. The minimum atomic E-state index is -1.65. The first-order valence-electron chi connectivity index (χ1n) is 11.3. The van der Waals surface area contributed by atoms with Gasteiger partial charge in [-0.2, -0.15) is 0 Å². The molecule has 178 valence electrons. The molecule has 7 heteroatoms. The lowest BCUT2D eigenvalue weighted by atomic mass is 9.75. The van der Waals surface area contributed by atoms with Crippen molar-refractivity contribution in [1.29, 1.82) is 0 Å². The summed E-state index contributed by atoms with van der Waals surface area (Å²) in [6, 6.07) is 20.0. The zero-order valence-electron chi connectivity index (χ0n) is 19.6. The number of carbonyl (C=O) groups excluding carboxylic acids is 1. The van der Waals surface area contributed by atoms with Crippen molar-refractivity contribution in [2.45, 2.75) is 37.5 Å². The van der Waals surface area contributed by atoms with Gasteiger partial charge < -0.3 is 24.4 Å². The Balaban J connectivity index is 1.56. The van der Waals surface area contributed by atoms with Crippen LogP contribution in [0.5, 0.6) is 0 Å². The number of aromatic nitrogens is 1. The lowest BCUT2D eigenvalue weighted by Crippen LogP contribution is -2.60. The van der Waals surface area contributed by atoms with Gasteiger partial charge in [-0.1, -0.05) is 54.6 Å². The van der Waals surface area contributed by atoms with Gasteiger partial charge in [0, 0.05) is 32.3 Å². The Hall–Kier alpha value is -3.42. The van der Waals surface area contributed by atoms with Gasteiger partial charge in [0.2, 0.25) is 0 Å². The van der Waals surface area contributed by atoms with E-state index in [1.165, 1.54) is 11.5 Å². The van der Waals surface area contributed by atoms with Crippen molar-refractivity contribution in [2.75, 3.05) is 13.2 Å². The number of benzene rings is 2. The van der Waals surface area contributed by atoms with Crippen molar-refractivity contribution < 1.29 is 19.7 Å². The number of rotatable bonds is 6. The predicted octanol–water partition coefficient (Wildman–Crippen LogP) is 3.59. The Morgan fingerprint density at radius 2 is 1.74 bits per heavy atom. The number of ether oxygens (including phenoxy) is 1. The summed E-state index contributed by atoms with van der Waals surface area (Å²) in [7, 11) is 1.71. The van der Waals surface area contributed by atoms with Gasteiger partial charge in [0.25, 0.3) is 5.56 Å². The summed E-state index contributed by atoms with van der Waals surface area (Å²) in [6.45, 7) is 3.21. The van der Waals surface area contributed by atoms with Crippen LogP contribution in [0, 0.1) is 0 Å². The first kappa shape index (κ1) is 23.7. The summed E-state index contributed by atoms with van der Waals surface area (Å²) < 4.78 is 7.45. The fraction of sp³-hybridized carbons (Fsp3) is 0.333. The SMILES string of the molecule is C[C@@H](c1ccc(-c2ccn(C)c(=O)c2)cc1)N1CC[C@@](c2ccccc2)([C@@](C)(O)CO)OC1=O. The molecule has 34 heavy (non-hydrogen) atoms. The van der Waals surface area contributed by atoms with Gasteiger partial charge in [-0.3, -0.25) is 4.79 Å². The summed E-state index contributed by atoms with van der Waals surface area (Å²) in [6.07, 6.45) is 1.51. The molecule has 4 rings (SSSR count). The molecule has 1 aromatic heterocycles. The maximum absolute atomic E-state index is 13.2. The molecule has 1 amide bonds. The number of nitrogens with zero attached hydrogens (tertiary/aromatic N) is 2. The molecular weight excluding hydrogens is 432 g/mol. The van der Waals surface area contributed by atoms with Gasteiger partial charge in [-0.05, 0) is 42.2 Å². The molecule has 1 aliphatic rings. The third kappa shape index (κ3) is 4.13. The molecule has 1 fully saturated rings. The molecule has 3 aromatic rings. The largest absolute Gasteiger partial charge is 0.435 e. The fourth-order valence-electron chi connectivity index (χ4n) is 4.57. The van der Waals surface area contributed by atoms with Crippen molar-refractivity contribution in [1.82, 2.24) is 9.47 Å². The van der Waals surface area contributed by atoms with Crippen LogP contribution >= 0.6 is 0 Å². The number of cyclic esters (lactones) is 1. The van der Waals surface area contributed by atoms with Crippen LogP contribution in [0.2, 0.25) is 0 Å². The lowest BCUT2D eigenvalue weighted by Gasteiger charge is -2.49. The quantitative estimate of drug-likeness (QED) is 0.584. The molecule has 2 N–H and O–H groups in total. The molecular formula is C27H30N2O5. The van der Waals surface area contributed by atoms with Crippen molar-refractivity contribution in [3.05, 3.63) is 94.4 Å². The van der Waals surface area contributed by atoms with Crippen LogP contribution < -0.4 is 5.56 Å². The van der Waals surface area contributed by atoms with E-state index in [4.69, 9.17) is 4.74 Å². The Labute approximate surface area is 198 Å². The minimum Gasteiger partial charge on any atom is -0.435 e. The predicted molar refractivity (Wildman–Crippen MR) is 129 cm³/mol. The van der Waals surface area contributed by atoms with E-state index in [9.17, 15) is 19.8 Å². The zero-order valence-corrected chi connectivity index (χ0v) is 19.6. The maximum Gasteiger partial charge on any atom is 0.411 e. The van der Waals surface area contributed by atoms with E-state index in [1.54, 1.807) is 36.3 Å². The van der Waals surface area contributed by atoms with Crippen LogP contribution in [0.25, 0.3) is 11.1 Å². The van der Waals surface area contributed by atoms with Crippen molar-refractivity contribution >= 4 is 6.09 Å². The Bertz CT molecular complexity index is 1220. The molecule has 0 aliphatic carbocycles. The Morgan fingerprint density at radius 1 is 1.06 bits per heavy atom. The topological polar surface area (TPSA) is 92.0 Å². The second kappa shape index (κ2) is 9.08. The number of aliphatic hydroxyl groups is 2. The Kier molecular flexibility index (Phi) is 6.34. The highest BCUT2D eigenvalue weighted by Gasteiger charge is 2.55. The molecule has 7 nitrogen and oxygen atoms in total. The van der Waals surface area contributed by atoms with Gasteiger partial charge in [-0.25, -0.2) is 4.79 Å². The van der Waals surface area contributed by atoms with Gasteiger partial charge in [-0.15, -0.1) is 0 Å². The number of pyridine rings is 1. The lowest BCUT2D eigenvalue weighted by molar-refractivity contribution is -0.193. The van der Waals surface area contributed by atoms with Crippen LogP contribution in [0.1, 0.15) is 37.4 Å². The number of aryl methyl sites for hydroxylation is 1. The molecule has 1 aliphatic heterocycles. The van der Waals surface area contributed by atoms with Gasteiger partial charge >= 0.3 is 6.09 Å². The average Bonchev–Trinajstić information content (AvgIpc) is 2.85. The number of hydrogen-bond donors (Lipinski definition) is 2. The summed E-state index contributed by atoms with van der Waals surface area (Å²) >= 11 is 0. The van der Waals surface area contributed by atoms with Crippen LogP contribution in [0.3, 0.4) is 0 Å². The van der Waals surface area contributed by atoms with Crippen LogP contribution in [-0.2, 0) is 17.4 Å². The first-order chi connectivity index (χ1) is 16.2. The van der Waals surface area contributed by atoms with E-state index in [0.29, 0.717) is 18.5 Å². The van der Waals surface area contributed by atoms with Crippen LogP contribution in [-0.4, -0.2) is 44.5 Å². The molecule has 2 aromatic carbocycles. The third-order valence-electron chi connectivity index (χ3n) is 6.92. The highest BCUT2D eigenvalue weighted by Crippen LogP contribution is 2.44. The zero-order chi connectivity index (χ0) is 24.5. The molecule has 0 saturated carbocycles. The number of hydrogen-bond acceptors (Lipinski definition) is 5. The fourth-order valence-corrected chi connectivity index (χ4v) is 4.57. The smallest absolute Gasteiger partial charge is 0.411 e. The third-order valence-corrected chi connectivity index (χ3v) is 6.92. The van der Waals surface area contributed by atoms with Gasteiger partial charge in [0.05, 0.1) is 12.6 Å². The summed E-state index contributed by atoms with van der Waals surface area (Å²) in [5, 5.41) is 20.9. The highest BCUT2D eigenvalue weighted by atomic mass is 16.6. The molecule has 1 saturated heterocycles. The van der Waals surface area contributed by atoms with E-state index in [2.05, 4.69) is 0 Å². The van der Waals surface area contributed by atoms with Crippen molar-refractivity contribution in [3.63, 3.8) is 0 Å². The average molecular weight is 463 g/mol. The maximum atomic E-state index is 13.2. The van der Waals surface area contributed by atoms with E-state index < -0.39 is 23.9 Å². The number of amides is 1. The van der Waals surface area contributed by atoms with Gasteiger partial charge in [0.15, 0.2) is 5.60 Å².